The van der Waals surface area contributed by atoms with Crippen LogP contribution < -0.4 is 5.32 Å². The minimum Gasteiger partial charge on any atom is -0.353 e. The Kier molecular flexibility index (Phi) is 5.81. The number of rotatable bonds is 6. The first-order valence-corrected chi connectivity index (χ1v) is 6.42. The lowest BCUT2D eigenvalue weighted by atomic mass is 9.91. The maximum atomic E-state index is 11.5. The summed E-state index contributed by atoms with van der Waals surface area (Å²) in [7, 11) is 0. The van der Waals surface area contributed by atoms with E-state index in [4.69, 9.17) is 0 Å². The second-order valence-electron chi connectivity index (χ2n) is 4.67. The summed E-state index contributed by atoms with van der Waals surface area (Å²) in [6.07, 6.45) is 2.55. The molecule has 0 spiro atoms. The molecule has 100 valence electrons. The summed E-state index contributed by atoms with van der Waals surface area (Å²) in [4.78, 5) is 11.5. The monoisotopic (exact) mass is 256 g/mol. The van der Waals surface area contributed by atoms with Crippen molar-refractivity contribution < 1.29 is 4.79 Å². The third kappa shape index (κ3) is 4.59. The third-order valence-corrected chi connectivity index (χ3v) is 3.06. The molecule has 0 fully saturated rings. The molecule has 0 saturated carbocycles. The van der Waals surface area contributed by atoms with Gasteiger partial charge in [0.05, 0.1) is 12.0 Å². The molecule has 0 saturated heterocycles. The van der Waals surface area contributed by atoms with Crippen LogP contribution in [-0.4, -0.2) is 12.5 Å². The average molecular weight is 256 g/mol. The van der Waals surface area contributed by atoms with Gasteiger partial charge in [0.25, 0.3) is 0 Å². The van der Waals surface area contributed by atoms with E-state index in [1.54, 1.807) is 6.08 Å². The maximum absolute atomic E-state index is 11.5. The molecule has 0 aliphatic rings. The minimum atomic E-state index is -0.227. The molecule has 1 aromatic rings. The fourth-order valence-electron chi connectivity index (χ4n) is 2.06. The van der Waals surface area contributed by atoms with Gasteiger partial charge >= 0.3 is 0 Å². The van der Waals surface area contributed by atoms with Gasteiger partial charge in [-0.2, -0.15) is 5.26 Å². The topological polar surface area (TPSA) is 52.9 Å². The number of aryl methyl sites for hydroxylation is 2. The summed E-state index contributed by atoms with van der Waals surface area (Å²) in [6.45, 7) is 8.05. The molecule has 1 N–H and O–H groups in total. The van der Waals surface area contributed by atoms with Crippen molar-refractivity contribution in [1.29, 1.82) is 5.26 Å². The normalized spacial score (nSPS) is 11.4. The number of carbonyl (C=O) groups is 1. The number of nitrogens with one attached hydrogen (secondary N) is 1. The maximum Gasteiger partial charge on any atom is 0.220 e. The van der Waals surface area contributed by atoms with E-state index in [2.05, 4.69) is 24.0 Å². The van der Waals surface area contributed by atoms with E-state index < -0.39 is 0 Å². The number of nitriles is 1. The van der Waals surface area contributed by atoms with Crippen LogP contribution in [0.1, 0.15) is 35.4 Å². The Morgan fingerprint density at radius 3 is 2.84 bits per heavy atom. The molecular weight excluding hydrogens is 236 g/mol. The fraction of sp³-hybridized carbons (Fsp3) is 0.375. The molecule has 3 nitrogen and oxygen atoms in total. The number of amides is 1. The van der Waals surface area contributed by atoms with Crippen molar-refractivity contribution in [2.24, 2.45) is 0 Å². The SMILES string of the molecule is C=CCNC(=O)CCC(C#N)c1ccc(C)cc1C. The van der Waals surface area contributed by atoms with E-state index in [-0.39, 0.29) is 11.8 Å². The smallest absolute Gasteiger partial charge is 0.220 e. The van der Waals surface area contributed by atoms with Gasteiger partial charge in [-0.25, -0.2) is 0 Å². The molecule has 0 radical (unpaired) electrons. The van der Waals surface area contributed by atoms with Gasteiger partial charge in [-0.1, -0.05) is 29.8 Å². The van der Waals surface area contributed by atoms with Gasteiger partial charge in [0.2, 0.25) is 5.91 Å². The largest absolute Gasteiger partial charge is 0.353 e. The average Bonchev–Trinajstić information content (AvgIpc) is 2.38. The van der Waals surface area contributed by atoms with Crippen LogP contribution >= 0.6 is 0 Å². The minimum absolute atomic E-state index is 0.0371. The van der Waals surface area contributed by atoms with Crippen molar-refractivity contribution in [2.75, 3.05) is 6.54 Å². The van der Waals surface area contributed by atoms with Crippen LogP contribution in [0.3, 0.4) is 0 Å². The number of carbonyl (C=O) groups excluding carboxylic acids is 1. The van der Waals surface area contributed by atoms with Crippen LogP contribution in [0.25, 0.3) is 0 Å². The van der Waals surface area contributed by atoms with Crippen LogP contribution in [-0.2, 0) is 4.79 Å². The molecule has 1 unspecified atom stereocenters. The lowest BCUT2D eigenvalue weighted by Crippen LogP contribution is -2.23. The third-order valence-electron chi connectivity index (χ3n) is 3.06. The first kappa shape index (κ1) is 15.0. The van der Waals surface area contributed by atoms with E-state index >= 15 is 0 Å². The van der Waals surface area contributed by atoms with Crippen LogP contribution in [0.4, 0.5) is 0 Å². The zero-order valence-corrected chi connectivity index (χ0v) is 11.6. The summed E-state index contributed by atoms with van der Waals surface area (Å²) >= 11 is 0. The van der Waals surface area contributed by atoms with Gasteiger partial charge in [-0.3, -0.25) is 4.79 Å². The summed E-state index contributed by atoms with van der Waals surface area (Å²) in [5.41, 5.74) is 3.31. The Balaban J connectivity index is 2.66. The molecule has 1 amide bonds. The lowest BCUT2D eigenvalue weighted by Gasteiger charge is -2.13. The van der Waals surface area contributed by atoms with Gasteiger partial charge in [-0.05, 0) is 31.4 Å². The first-order chi connectivity index (χ1) is 9.08. The molecule has 1 aromatic carbocycles. The molecule has 1 rings (SSSR count). The zero-order valence-electron chi connectivity index (χ0n) is 11.6. The summed E-state index contributed by atoms with van der Waals surface area (Å²) < 4.78 is 0. The van der Waals surface area contributed by atoms with E-state index in [0.29, 0.717) is 19.4 Å². The quantitative estimate of drug-likeness (QED) is 0.795. The highest BCUT2D eigenvalue weighted by molar-refractivity contribution is 5.76. The predicted octanol–water partition coefficient (Wildman–Crippen LogP) is 2.99. The molecule has 0 aliphatic heterocycles. The van der Waals surface area contributed by atoms with Gasteiger partial charge in [0, 0.05) is 13.0 Å². The molecule has 0 heterocycles. The Bertz CT molecular complexity index is 500. The molecule has 1 atom stereocenters. The number of hydrogen-bond donors (Lipinski definition) is 1. The Morgan fingerprint density at radius 1 is 1.53 bits per heavy atom. The van der Waals surface area contributed by atoms with Crippen molar-refractivity contribution in [3.8, 4) is 6.07 Å². The van der Waals surface area contributed by atoms with Gasteiger partial charge < -0.3 is 5.32 Å². The second kappa shape index (κ2) is 7.38. The van der Waals surface area contributed by atoms with Crippen LogP contribution in [0, 0.1) is 25.2 Å². The summed E-state index contributed by atoms with van der Waals surface area (Å²) in [5.74, 6) is -0.264. The van der Waals surface area contributed by atoms with Crippen molar-refractivity contribution in [3.63, 3.8) is 0 Å². The van der Waals surface area contributed by atoms with E-state index in [0.717, 1.165) is 11.1 Å². The molecule has 3 heteroatoms. The first-order valence-electron chi connectivity index (χ1n) is 6.42. The van der Waals surface area contributed by atoms with Crippen molar-refractivity contribution in [2.45, 2.75) is 32.6 Å². The molecule has 0 bridgehead atoms. The van der Waals surface area contributed by atoms with E-state index in [1.165, 1.54) is 5.56 Å². The van der Waals surface area contributed by atoms with Gasteiger partial charge in [0.1, 0.15) is 0 Å². The lowest BCUT2D eigenvalue weighted by molar-refractivity contribution is -0.121. The predicted molar refractivity (Wildman–Crippen MR) is 76.7 cm³/mol. The van der Waals surface area contributed by atoms with E-state index in [1.807, 2.05) is 26.0 Å². The molecule has 19 heavy (non-hydrogen) atoms. The number of hydrogen-bond acceptors (Lipinski definition) is 2. The fourth-order valence-corrected chi connectivity index (χ4v) is 2.06. The summed E-state index contributed by atoms with van der Waals surface area (Å²) in [6, 6.07) is 8.35. The highest BCUT2D eigenvalue weighted by Gasteiger charge is 2.14. The molecular formula is C16H20N2O. The Morgan fingerprint density at radius 2 is 2.26 bits per heavy atom. The van der Waals surface area contributed by atoms with Gasteiger partial charge in [-0.15, -0.1) is 6.58 Å². The number of benzene rings is 1. The molecule has 0 aliphatic carbocycles. The second-order valence-corrected chi connectivity index (χ2v) is 4.67. The van der Waals surface area contributed by atoms with Crippen molar-refractivity contribution in [3.05, 3.63) is 47.5 Å². The standard InChI is InChI=1S/C16H20N2O/c1-4-9-18-16(19)8-6-14(11-17)15-7-5-12(2)10-13(15)3/h4-5,7,10,14H,1,6,8-9H2,2-3H3,(H,18,19). The van der Waals surface area contributed by atoms with Crippen LogP contribution in [0.2, 0.25) is 0 Å². The summed E-state index contributed by atoms with van der Waals surface area (Å²) in [5, 5.41) is 12.0. The Labute approximate surface area is 114 Å². The highest BCUT2D eigenvalue weighted by atomic mass is 16.1. The van der Waals surface area contributed by atoms with Crippen LogP contribution in [0.5, 0.6) is 0 Å². The van der Waals surface area contributed by atoms with E-state index in [9.17, 15) is 10.1 Å². The van der Waals surface area contributed by atoms with Gasteiger partial charge in [0.15, 0.2) is 0 Å². The number of nitrogens with zero attached hydrogens (tertiary/aromatic N) is 1. The van der Waals surface area contributed by atoms with Crippen molar-refractivity contribution >= 4 is 5.91 Å². The zero-order chi connectivity index (χ0) is 14.3. The highest BCUT2D eigenvalue weighted by Crippen LogP contribution is 2.24. The van der Waals surface area contributed by atoms with Crippen LogP contribution in [0.15, 0.2) is 30.9 Å². The van der Waals surface area contributed by atoms with Crippen molar-refractivity contribution in [1.82, 2.24) is 5.32 Å². The molecule has 0 aromatic heterocycles. The Hall–Kier alpha value is -2.08.